The van der Waals surface area contributed by atoms with Gasteiger partial charge in [-0.1, -0.05) is 35.1 Å². The molecule has 2 aromatic carbocycles. The van der Waals surface area contributed by atoms with Crippen LogP contribution in [0.25, 0.3) is 6.08 Å². The highest BCUT2D eigenvalue weighted by molar-refractivity contribution is 7.07. The van der Waals surface area contributed by atoms with Crippen LogP contribution in [0.5, 0.6) is 5.75 Å². The molecule has 1 N–H and O–H groups in total. The van der Waals surface area contributed by atoms with Crippen molar-refractivity contribution >= 4 is 46.3 Å². The number of carbonyl (C=O) groups excluding carboxylic acids is 1. The molecular weight excluding hydrogens is 550 g/mol. The molecule has 12 nitrogen and oxygen atoms in total. The van der Waals surface area contributed by atoms with Crippen molar-refractivity contribution in [2.45, 2.75) is 26.8 Å². The van der Waals surface area contributed by atoms with Crippen LogP contribution in [-0.2, 0) is 4.79 Å². The van der Waals surface area contributed by atoms with Crippen LogP contribution in [0.3, 0.4) is 0 Å². The fraction of sp³-hybridized carbons (Fsp3) is 0.240. The van der Waals surface area contributed by atoms with E-state index in [1.54, 1.807) is 36.1 Å². The van der Waals surface area contributed by atoms with Gasteiger partial charge in [0, 0.05) is 29.7 Å². The monoisotopic (exact) mass is 571 g/mol. The summed E-state index contributed by atoms with van der Waals surface area (Å²) in [7, 11) is 0. The predicted molar refractivity (Wildman–Crippen MR) is 145 cm³/mol. The van der Waals surface area contributed by atoms with E-state index in [0.29, 0.717) is 41.0 Å². The summed E-state index contributed by atoms with van der Waals surface area (Å²) in [5, 5.41) is 33.6. The molecule has 1 atom stereocenters. The molecule has 2 heterocycles. The number of nitro groups is 2. The molecule has 3 aromatic rings. The third kappa shape index (κ3) is 5.05. The summed E-state index contributed by atoms with van der Waals surface area (Å²) in [6.07, 6.45) is 1.14. The minimum Gasteiger partial charge on any atom is -0.502 e. The lowest BCUT2D eigenvalue weighted by Crippen LogP contribution is -2.43. The van der Waals surface area contributed by atoms with Crippen LogP contribution in [0.15, 0.2) is 57.5 Å². The number of phenolic OH excluding ortho intramolecular Hbond substituents is 1. The van der Waals surface area contributed by atoms with Crippen molar-refractivity contribution < 1.29 is 19.7 Å². The van der Waals surface area contributed by atoms with Crippen LogP contribution in [0.2, 0.25) is 5.02 Å². The highest BCUT2D eigenvalue weighted by atomic mass is 35.5. The Morgan fingerprint density at radius 3 is 2.38 bits per heavy atom. The van der Waals surface area contributed by atoms with Gasteiger partial charge in [0.1, 0.15) is 0 Å². The molecular formula is C25H22ClN5O7S. The molecule has 1 amide bonds. The number of likely N-dealkylation sites (N-methyl/N-ethyl adjacent to an activating group) is 1. The van der Waals surface area contributed by atoms with E-state index in [9.17, 15) is 34.9 Å². The Labute approximate surface area is 229 Å². The van der Waals surface area contributed by atoms with Gasteiger partial charge in [0.05, 0.1) is 37.8 Å². The van der Waals surface area contributed by atoms with Crippen LogP contribution >= 0.6 is 22.9 Å². The molecule has 202 valence electrons. The number of nitro benzene ring substituents is 2. The van der Waals surface area contributed by atoms with Gasteiger partial charge in [-0.05, 0) is 44.5 Å². The van der Waals surface area contributed by atoms with E-state index in [1.807, 2.05) is 13.8 Å². The number of fused-ring (bicyclic) bond motifs is 1. The predicted octanol–water partition coefficient (Wildman–Crippen LogP) is 3.28. The smallest absolute Gasteiger partial charge is 0.318 e. The molecule has 1 aromatic heterocycles. The maximum Gasteiger partial charge on any atom is 0.318 e. The normalized spacial score (nSPS) is 15.1. The standard InChI is InChI=1S/C25H22ClN5O7S/c1-4-28(5-2)24(34)20-13(3)27-25-29(21(20)14-6-8-16(26)9-7-14)23(33)19(39-25)11-15-10-17(30(35)36)12-18(22(15)32)31(37)38/h6-12,21,32H,4-5H2,1-3H3/b19-11+/t21-/m0/s1. The minimum atomic E-state index is -0.948. The van der Waals surface area contributed by atoms with Crippen LogP contribution in [0, 0.1) is 20.2 Å². The molecule has 1 aliphatic rings. The molecule has 39 heavy (non-hydrogen) atoms. The molecule has 0 aliphatic carbocycles. The van der Waals surface area contributed by atoms with Crippen molar-refractivity contribution in [2.24, 2.45) is 4.99 Å². The molecule has 0 fully saturated rings. The summed E-state index contributed by atoms with van der Waals surface area (Å²) in [6, 6.07) is 7.41. The second kappa shape index (κ2) is 10.8. The van der Waals surface area contributed by atoms with Gasteiger partial charge < -0.3 is 10.0 Å². The quantitative estimate of drug-likeness (QED) is 0.336. The maximum atomic E-state index is 13.8. The lowest BCUT2D eigenvalue weighted by molar-refractivity contribution is -0.394. The van der Waals surface area contributed by atoms with E-state index >= 15 is 0 Å². The topological polar surface area (TPSA) is 161 Å². The first kappa shape index (κ1) is 27.7. The molecule has 0 saturated carbocycles. The Kier molecular flexibility index (Phi) is 7.65. The van der Waals surface area contributed by atoms with Gasteiger partial charge in [0.25, 0.3) is 17.2 Å². The summed E-state index contributed by atoms with van der Waals surface area (Å²) in [5.41, 5.74) is -1.05. The highest BCUT2D eigenvalue weighted by Gasteiger charge is 2.34. The van der Waals surface area contributed by atoms with Gasteiger partial charge in [-0.15, -0.1) is 0 Å². The first-order valence-corrected chi connectivity index (χ1v) is 12.9. The van der Waals surface area contributed by atoms with Gasteiger partial charge in [-0.25, -0.2) is 4.99 Å². The molecule has 1 aliphatic heterocycles. The number of phenols is 1. The minimum absolute atomic E-state index is 0.00199. The Hall–Kier alpha value is -4.36. The van der Waals surface area contributed by atoms with Crippen LogP contribution in [0.4, 0.5) is 11.4 Å². The first-order valence-electron chi connectivity index (χ1n) is 11.7. The fourth-order valence-electron chi connectivity index (χ4n) is 4.36. The lowest BCUT2D eigenvalue weighted by Gasteiger charge is -2.29. The van der Waals surface area contributed by atoms with Crippen LogP contribution < -0.4 is 14.9 Å². The maximum absolute atomic E-state index is 13.8. The van der Waals surface area contributed by atoms with Gasteiger partial charge in [0.15, 0.2) is 4.80 Å². The van der Waals surface area contributed by atoms with Crippen LogP contribution in [0.1, 0.15) is 37.9 Å². The van der Waals surface area contributed by atoms with E-state index in [2.05, 4.69) is 4.99 Å². The summed E-state index contributed by atoms with van der Waals surface area (Å²) in [5.74, 6) is -1.11. The summed E-state index contributed by atoms with van der Waals surface area (Å²) < 4.78 is 1.34. The Morgan fingerprint density at radius 2 is 1.82 bits per heavy atom. The van der Waals surface area contributed by atoms with E-state index in [-0.39, 0.29) is 20.8 Å². The Morgan fingerprint density at radius 1 is 1.18 bits per heavy atom. The van der Waals surface area contributed by atoms with E-state index < -0.39 is 38.6 Å². The molecule has 0 radical (unpaired) electrons. The third-order valence-electron chi connectivity index (χ3n) is 6.29. The second-order valence-electron chi connectivity index (χ2n) is 8.53. The van der Waals surface area contributed by atoms with E-state index in [0.717, 1.165) is 23.5 Å². The van der Waals surface area contributed by atoms with Crippen molar-refractivity contribution in [3.8, 4) is 5.75 Å². The number of amides is 1. The molecule has 0 spiro atoms. The zero-order chi connectivity index (χ0) is 28.6. The SMILES string of the molecule is CCN(CC)C(=O)C1=C(C)N=c2s/c(=C/c3cc([N+](=O)[O-])cc([N+](=O)[O-])c3O)c(=O)n2[C@H]1c1ccc(Cl)cc1. The molecule has 4 rings (SSSR count). The average Bonchev–Trinajstić information content (AvgIpc) is 3.19. The first-order chi connectivity index (χ1) is 18.5. The van der Waals surface area contributed by atoms with Crippen LogP contribution in [-0.4, -0.2) is 43.4 Å². The molecule has 0 bridgehead atoms. The van der Waals surface area contributed by atoms with Crippen molar-refractivity contribution in [3.63, 3.8) is 0 Å². The van der Waals surface area contributed by atoms with Crippen molar-refractivity contribution in [2.75, 3.05) is 13.1 Å². The van der Waals surface area contributed by atoms with Crippen molar-refractivity contribution in [3.05, 3.63) is 104 Å². The van der Waals surface area contributed by atoms with Gasteiger partial charge >= 0.3 is 5.69 Å². The molecule has 0 saturated heterocycles. The van der Waals surface area contributed by atoms with Gasteiger partial charge in [-0.3, -0.25) is 34.4 Å². The van der Waals surface area contributed by atoms with Crippen molar-refractivity contribution in [1.29, 1.82) is 0 Å². The number of aromatic hydroxyl groups is 1. The number of allylic oxidation sites excluding steroid dienone is 1. The highest BCUT2D eigenvalue weighted by Crippen LogP contribution is 2.35. The zero-order valence-electron chi connectivity index (χ0n) is 21.0. The number of nitrogens with zero attached hydrogens (tertiary/aromatic N) is 5. The number of non-ortho nitro benzene ring substituents is 1. The summed E-state index contributed by atoms with van der Waals surface area (Å²) in [4.78, 5) is 54.7. The third-order valence-corrected chi connectivity index (χ3v) is 7.52. The largest absolute Gasteiger partial charge is 0.502 e. The fourth-order valence-corrected chi connectivity index (χ4v) is 5.52. The van der Waals surface area contributed by atoms with Crippen molar-refractivity contribution in [1.82, 2.24) is 9.47 Å². The van der Waals surface area contributed by atoms with Gasteiger partial charge in [0.2, 0.25) is 5.75 Å². The number of aromatic nitrogens is 1. The Bertz CT molecular complexity index is 1720. The second-order valence-corrected chi connectivity index (χ2v) is 9.97. The molecule has 14 heteroatoms. The number of hydrogen-bond donors (Lipinski definition) is 1. The Balaban J connectivity index is 2.00. The lowest BCUT2D eigenvalue weighted by atomic mass is 9.94. The number of halogens is 1. The van der Waals surface area contributed by atoms with E-state index in [4.69, 9.17) is 11.6 Å². The number of hydrogen-bond acceptors (Lipinski definition) is 9. The number of rotatable bonds is 7. The summed E-state index contributed by atoms with van der Waals surface area (Å²) in [6.45, 7) is 6.24. The zero-order valence-corrected chi connectivity index (χ0v) is 22.5. The van der Waals surface area contributed by atoms with E-state index in [1.165, 1.54) is 4.57 Å². The number of carbonyl (C=O) groups is 1. The average molecular weight is 572 g/mol. The number of benzene rings is 2. The summed E-state index contributed by atoms with van der Waals surface area (Å²) >= 11 is 7.01. The van der Waals surface area contributed by atoms with Gasteiger partial charge in [-0.2, -0.15) is 0 Å². The number of thiazole rings is 1. The molecule has 0 unspecified atom stereocenters.